The zero-order valence-corrected chi connectivity index (χ0v) is 16.9. The fraction of sp³-hybridized carbons (Fsp3) is 0.240. The molecule has 0 N–H and O–H groups in total. The van der Waals surface area contributed by atoms with Crippen LogP contribution in [-0.2, 0) is 12.0 Å². The molecule has 0 unspecified atom stereocenters. The van der Waals surface area contributed by atoms with Crippen LogP contribution in [0.3, 0.4) is 0 Å². The SMILES string of the molecule is CCOc1ccc2c(c1)C(c1ccnc(N3CC(C#N)(c4ccccc4)C3)c1)=NC2. The Bertz CT molecular complexity index is 1160. The van der Waals surface area contributed by atoms with E-state index in [1.807, 2.05) is 55.6 Å². The average Bonchev–Trinajstić information content (AvgIpc) is 3.18. The molecule has 1 saturated heterocycles. The van der Waals surface area contributed by atoms with Gasteiger partial charge in [0.15, 0.2) is 0 Å². The number of ether oxygens (including phenoxy) is 1. The van der Waals surface area contributed by atoms with Crippen LogP contribution in [0.15, 0.2) is 71.9 Å². The number of nitrogens with zero attached hydrogens (tertiary/aromatic N) is 4. The fourth-order valence-electron chi connectivity index (χ4n) is 4.25. The topological polar surface area (TPSA) is 61.5 Å². The van der Waals surface area contributed by atoms with Gasteiger partial charge in [0, 0.05) is 30.4 Å². The van der Waals surface area contributed by atoms with E-state index in [-0.39, 0.29) is 0 Å². The van der Waals surface area contributed by atoms with Crippen LogP contribution in [-0.4, -0.2) is 30.4 Å². The van der Waals surface area contributed by atoms with Crippen LogP contribution in [0.1, 0.15) is 29.2 Å². The number of aliphatic imine (C=N–C) groups is 1. The highest BCUT2D eigenvalue weighted by atomic mass is 16.5. The van der Waals surface area contributed by atoms with Gasteiger partial charge in [-0.2, -0.15) is 5.26 Å². The summed E-state index contributed by atoms with van der Waals surface area (Å²) in [7, 11) is 0. The summed E-state index contributed by atoms with van der Waals surface area (Å²) >= 11 is 0. The molecule has 0 bridgehead atoms. The first-order valence-corrected chi connectivity index (χ1v) is 10.2. The number of rotatable bonds is 5. The van der Waals surface area contributed by atoms with E-state index in [0.717, 1.165) is 34.0 Å². The maximum absolute atomic E-state index is 9.83. The summed E-state index contributed by atoms with van der Waals surface area (Å²) in [5.41, 5.74) is 4.95. The molecule has 1 aromatic heterocycles. The normalized spacial score (nSPS) is 16.3. The molecule has 2 aromatic carbocycles. The standard InChI is InChI=1S/C25H22N4O/c1-2-30-21-9-8-19-14-28-24(22(19)13-21)18-10-11-27-23(12-18)29-16-25(15-26,17-29)20-6-4-3-5-7-20/h3-13H,2,14,16-17H2,1H3. The second-order valence-electron chi connectivity index (χ2n) is 7.74. The lowest BCUT2D eigenvalue weighted by Crippen LogP contribution is -2.59. The van der Waals surface area contributed by atoms with Crippen LogP contribution in [0.4, 0.5) is 5.82 Å². The second kappa shape index (κ2) is 7.31. The summed E-state index contributed by atoms with van der Waals surface area (Å²) in [5, 5.41) is 9.83. The van der Waals surface area contributed by atoms with Crippen molar-refractivity contribution in [3.63, 3.8) is 0 Å². The molecular weight excluding hydrogens is 372 g/mol. The Morgan fingerprint density at radius 2 is 1.93 bits per heavy atom. The van der Waals surface area contributed by atoms with Crippen LogP contribution >= 0.6 is 0 Å². The van der Waals surface area contributed by atoms with Crippen molar-refractivity contribution in [2.45, 2.75) is 18.9 Å². The molecule has 3 heterocycles. The second-order valence-corrected chi connectivity index (χ2v) is 7.74. The Labute approximate surface area is 176 Å². The maximum atomic E-state index is 9.83. The van der Waals surface area contributed by atoms with E-state index in [2.05, 4.69) is 34.2 Å². The highest BCUT2D eigenvalue weighted by Crippen LogP contribution is 2.37. The van der Waals surface area contributed by atoms with E-state index >= 15 is 0 Å². The number of hydrogen-bond acceptors (Lipinski definition) is 5. The number of aromatic nitrogens is 1. The van der Waals surface area contributed by atoms with Gasteiger partial charge in [-0.15, -0.1) is 0 Å². The maximum Gasteiger partial charge on any atom is 0.129 e. The Hall–Kier alpha value is -3.65. The van der Waals surface area contributed by atoms with Crippen molar-refractivity contribution in [3.8, 4) is 11.8 Å². The molecule has 2 aliphatic rings. The van der Waals surface area contributed by atoms with Crippen LogP contribution in [0, 0.1) is 11.3 Å². The Kier molecular flexibility index (Phi) is 4.48. The molecule has 5 rings (SSSR count). The number of fused-ring (bicyclic) bond motifs is 1. The van der Waals surface area contributed by atoms with Crippen molar-refractivity contribution >= 4 is 11.5 Å². The van der Waals surface area contributed by atoms with Crippen molar-refractivity contribution in [2.24, 2.45) is 4.99 Å². The van der Waals surface area contributed by atoms with Gasteiger partial charge in [-0.1, -0.05) is 36.4 Å². The van der Waals surface area contributed by atoms with Gasteiger partial charge in [0.1, 0.15) is 17.0 Å². The fourth-order valence-corrected chi connectivity index (χ4v) is 4.25. The monoisotopic (exact) mass is 394 g/mol. The van der Waals surface area contributed by atoms with Crippen LogP contribution in [0.2, 0.25) is 0 Å². The first-order valence-electron chi connectivity index (χ1n) is 10.2. The van der Waals surface area contributed by atoms with Crippen LogP contribution < -0.4 is 9.64 Å². The zero-order valence-electron chi connectivity index (χ0n) is 16.9. The smallest absolute Gasteiger partial charge is 0.129 e. The van der Waals surface area contributed by atoms with Crippen LogP contribution in [0.5, 0.6) is 5.75 Å². The molecule has 2 aliphatic heterocycles. The summed E-state index contributed by atoms with van der Waals surface area (Å²) in [6.07, 6.45) is 1.83. The molecule has 30 heavy (non-hydrogen) atoms. The molecule has 3 aromatic rings. The number of hydrogen-bond donors (Lipinski definition) is 0. The van der Waals surface area contributed by atoms with Crippen molar-refractivity contribution in [3.05, 3.63) is 89.1 Å². The molecule has 0 aliphatic carbocycles. The van der Waals surface area contributed by atoms with Gasteiger partial charge in [0.25, 0.3) is 0 Å². The van der Waals surface area contributed by atoms with E-state index in [1.54, 1.807) is 0 Å². The quantitative estimate of drug-likeness (QED) is 0.653. The van der Waals surface area contributed by atoms with E-state index in [0.29, 0.717) is 26.2 Å². The van der Waals surface area contributed by atoms with Gasteiger partial charge in [0.2, 0.25) is 0 Å². The van der Waals surface area contributed by atoms with Gasteiger partial charge in [-0.25, -0.2) is 4.98 Å². The number of benzene rings is 2. The van der Waals surface area contributed by atoms with Gasteiger partial charge >= 0.3 is 0 Å². The third-order valence-electron chi connectivity index (χ3n) is 5.86. The molecule has 1 fully saturated rings. The van der Waals surface area contributed by atoms with Crippen molar-refractivity contribution in [1.82, 2.24) is 4.98 Å². The summed E-state index contributed by atoms with van der Waals surface area (Å²) in [5.74, 6) is 1.75. The van der Waals surface area contributed by atoms with E-state index < -0.39 is 5.41 Å². The number of anilines is 1. The molecule has 0 spiro atoms. The number of pyridine rings is 1. The van der Waals surface area contributed by atoms with E-state index in [4.69, 9.17) is 9.73 Å². The third kappa shape index (κ3) is 3.02. The minimum absolute atomic E-state index is 0.469. The predicted octanol–water partition coefficient (Wildman–Crippen LogP) is 4.11. The Morgan fingerprint density at radius 1 is 1.10 bits per heavy atom. The first-order chi connectivity index (χ1) is 14.7. The molecule has 148 valence electrons. The summed E-state index contributed by atoms with van der Waals surface area (Å²) in [6, 6.07) is 22.8. The average molecular weight is 394 g/mol. The molecule has 0 amide bonds. The van der Waals surface area contributed by atoms with Gasteiger partial charge in [-0.3, -0.25) is 4.99 Å². The lowest BCUT2D eigenvalue weighted by molar-refractivity contribution is 0.340. The first kappa shape index (κ1) is 18.4. The third-order valence-corrected chi connectivity index (χ3v) is 5.86. The minimum atomic E-state index is -0.469. The van der Waals surface area contributed by atoms with Gasteiger partial charge in [0.05, 0.1) is 24.9 Å². The molecule has 0 saturated carbocycles. The molecule has 5 heteroatoms. The summed E-state index contributed by atoms with van der Waals surface area (Å²) in [4.78, 5) is 11.5. The lowest BCUT2D eigenvalue weighted by Gasteiger charge is -2.46. The molecule has 5 nitrogen and oxygen atoms in total. The van der Waals surface area contributed by atoms with Gasteiger partial charge < -0.3 is 9.64 Å². The molecular formula is C25H22N4O. The molecule has 0 atom stereocenters. The van der Waals surface area contributed by atoms with E-state index in [1.165, 1.54) is 5.56 Å². The van der Waals surface area contributed by atoms with E-state index in [9.17, 15) is 5.26 Å². The van der Waals surface area contributed by atoms with Gasteiger partial charge in [-0.05, 0) is 42.3 Å². The Morgan fingerprint density at radius 3 is 2.70 bits per heavy atom. The van der Waals surface area contributed by atoms with Crippen molar-refractivity contribution in [2.75, 3.05) is 24.6 Å². The minimum Gasteiger partial charge on any atom is -0.494 e. The zero-order chi connectivity index (χ0) is 20.6. The van der Waals surface area contributed by atoms with Crippen LogP contribution in [0.25, 0.3) is 0 Å². The van der Waals surface area contributed by atoms with Crippen molar-refractivity contribution in [1.29, 1.82) is 5.26 Å². The number of nitriles is 1. The predicted molar refractivity (Wildman–Crippen MR) is 117 cm³/mol. The summed E-state index contributed by atoms with van der Waals surface area (Å²) < 4.78 is 5.67. The summed E-state index contributed by atoms with van der Waals surface area (Å²) in [6.45, 7) is 4.59. The van der Waals surface area contributed by atoms with Crippen molar-refractivity contribution < 1.29 is 4.74 Å². The molecule has 0 radical (unpaired) electrons. The largest absolute Gasteiger partial charge is 0.494 e. The highest BCUT2D eigenvalue weighted by molar-refractivity contribution is 6.15. The lowest BCUT2D eigenvalue weighted by atomic mass is 9.75. The Balaban J connectivity index is 1.40. The highest BCUT2D eigenvalue weighted by Gasteiger charge is 2.45.